The summed E-state index contributed by atoms with van der Waals surface area (Å²) >= 11 is 6.17. The van der Waals surface area contributed by atoms with Crippen molar-refractivity contribution >= 4 is 33.3 Å². The SMILES string of the molecule is COc1ccc(CCNC(=O)Nc2cc(S(=O)(=O)N3CCOCC3)ccc2Cl)cc1OC. The average molecular weight is 484 g/mol. The third-order valence-corrected chi connectivity index (χ3v) is 7.17. The number of morpholine rings is 1. The molecule has 1 saturated heterocycles. The minimum atomic E-state index is -3.70. The number of urea groups is 1. The molecule has 0 aliphatic carbocycles. The smallest absolute Gasteiger partial charge is 0.319 e. The van der Waals surface area contributed by atoms with E-state index in [-0.39, 0.29) is 28.7 Å². The van der Waals surface area contributed by atoms with Crippen LogP contribution in [-0.4, -0.2) is 65.8 Å². The Morgan fingerprint density at radius 2 is 1.81 bits per heavy atom. The van der Waals surface area contributed by atoms with Crippen LogP contribution in [-0.2, 0) is 21.2 Å². The minimum absolute atomic E-state index is 0.0597. The fourth-order valence-corrected chi connectivity index (χ4v) is 4.82. The summed E-state index contributed by atoms with van der Waals surface area (Å²) in [6.07, 6.45) is 0.562. The maximum absolute atomic E-state index is 12.8. The van der Waals surface area contributed by atoms with Crippen molar-refractivity contribution < 1.29 is 27.4 Å². The standard InChI is InChI=1S/C21H26ClN3O6S/c1-29-19-6-3-15(13-20(19)30-2)7-8-23-21(26)24-18-14-16(4-5-17(18)22)32(27,28)25-9-11-31-12-10-25/h3-6,13-14H,7-12H2,1-2H3,(H2,23,24,26). The summed E-state index contributed by atoms with van der Waals surface area (Å²) in [5.74, 6) is 1.24. The van der Waals surface area contributed by atoms with Crippen LogP contribution < -0.4 is 20.1 Å². The van der Waals surface area contributed by atoms with E-state index in [2.05, 4.69) is 10.6 Å². The second kappa shape index (κ2) is 10.9. The van der Waals surface area contributed by atoms with Crippen molar-refractivity contribution in [3.05, 3.63) is 47.0 Å². The fourth-order valence-electron chi connectivity index (χ4n) is 3.22. The molecule has 0 aromatic heterocycles. The number of sulfonamides is 1. The van der Waals surface area contributed by atoms with Crippen molar-refractivity contribution in [1.82, 2.24) is 9.62 Å². The number of carbonyl (C=O) groups is 1. The maximum atomic E-state index is 12.8. The summed E-state index contributed by atoms with van der Waals surface area (Å²) < 4.78 is 42.7. The van der Waals surface area contributed by atoms with Gasteiger partial charge >= 0.3 is 6.03 Å². The van der Waals surface area contributed by atoms with E-state index < -0.39 is 16.1 Å². The van der Waals surface area contributed by atoms with Crippen LogP contribution in [0.15, 0.2) is 41.3 Å². The van der Waals surface area contributed by atoms with Gasteiger partial charge in [0.15, 0.2) is 11.5 Å². The summed E-state index contributed by atoms with van der Waals surface area (Å²) in [5, 5.41) is 5.59. The van der Waals surface area contributed by atoms with Crippen LogP contribution in [0, 0.1) is 0 Å². The molecule has 2 N–H and O–H groups in total. The molecule has 32 heavy (non-hydrogen) atoms. The Bertz CT molecular complexity index is 1060. The molecular weight excluding hydrogens is 458 g/mol. The van der Waals surface area contributed by atoms with Gasteiger partial charge in [-0.3, -0.25) is 0 Å². The Hall–Kier alpha value is -2.53. The predicted octanol–water partition coefficient (Wildman–Crippen LogP) is 2.74. The third kappa shape index (κ3) is 5.83. The van der Waals surface area contributed by atoms with Crippen LogP contribution in [0.3, 0.4) is 0 Å². The topological polar surface area (TPSA) is 106 Å². The fraction of sp³-hybridized carbons (Fsp3) is 0.381. The zero-order valence-corrected chi connectivity index (χ0v) is 19.5. The number of nitrogens with zero attached hydrogens (tertiary/aromatic N) is 1. The molecular formula is C21H26ClN3O6S. The molecule has 2 amide bonds. The minimum Gasteiger partial charge on any atom is -0.493 e. The van der Waals surface area contributed by atoms with E-state index in [0.29, 0.717) is 37.7 Å². The Morgan fingerprint density at radius 1 is 1.09 bits per heavy atom. The number of ether oxygens (including phenoxy) is 3. The number of halogens is 1. The van der Waals surface area contributed by atoms with Gasteiger partial charge in [0.25, 0.3) is 0 Å². The van der Waals surface area contributed by atoms with Crippen molar-refractivity contribution in [2.75, 3.05) is 52.4 Å². The lowest BCUT2D eigenvalue weighted by atomic mass is 10.1. The van der Waals surface area contributed by atoms with Crippen molar-refractivity contribution in [2.45, 2.75) is 11.3 Å². The van der Waals surface area contributed by atoms with Crippen LogP contribution >= 0.6 is 11.6 Å². The first-order chi connectivity index (χ1) is 15.3. The number of anilines is 1. The van der Waals surface area contributed by atoms with Crippen LogP contribution in [0.1, 0.15) is 5.56 Å². The van der Waals surface area contributed by atoms with Gasteiger partial charge in [-0.2, -0.15) is 4.31 Å². The first kappa shape index (κ1) is 24.1. The second-order valence-electron chi connectivity index (χ2n) is 6.98. The van der Waals surface area contributed by atoms with Gasteiger partial charge < -0.3 is 24.8 Å². The molecule has 9 nitrogen and oxygen atoms in total. The molecule has 2 aromatic rings. The van der Waals surface area contributed by atoms with E-state index in [0.717, 1.165) is 5.56 Å². The first-order valence-corrected chi connectivity index (χ1v) is 11.8. The van der Waals surface area contributed by atoms with E-state index in [1.54, 1.807) is 20.3 Å². The molecule has 0 saturated carbocycles. The van der Waals surface area contributed by atoms with Crippen LogP contribution in [0.2, 0.25) is 5.02 Å². The lowest BCUT2D eigenvalue weighted by molar-refractivity contribution is 0.0730. The normalized spacial score (nSPS) is 14.6. The van der Waals surface area contributed by atoms with E-state index >= 15 is 0 Å². The van der Waals surface area contributed by atoms with Crippen LogP contribution in [0.5, 0.6) is 11.5 Å². The van der Waals surface area contributed by atoms with E-state index in [4.69, 9.17) is 25.8 Å². The zero-order chi connectivity index (χ0) is 23.1. The lowest BCUT2D eigenvalue weighted by Gasteiger charge is -2.26. The summed E-state index contributed by atoms with van der Waals surface area (Å²) in [6.45, 7) is 1.61. The van der Waals surface area contributed by atoms with Crippen LogP contribution in [0.4, 0.5) is 10.5 Å². The molecule has 174 valence electrons. The second-order valence-corrected chi connectivity index (χ2v) is 9.32. The molecule has 3 rings (SSSR count). The third-order valence-electron chi connectivity index (χ3n) is 4.94. The van der Waals surface area contributed by atoms with Crippen molar-refractivity contribution in [1.29, 1.82) is 0 Å². The molecule has 0 bridgehead atoms. The number of carbonyl (C=O) groups excluding carboxylic acids is 1. The number of hydrogen-bond donors (Lipinski definition) is 2. The molecule has 0 radical (unpaired) electrons. The number of nitrogens with one attached hydrogen (secondary N) is 2. The average Bonchev–Trinajstić information content (AvgIpc) is 2.80. The number of rotatable bonds is 8. The predicted molar refractivity (Wildman–Crippen MR) is 121 cm³/mol. The molecule has 0 unspecified atom stereocenters. The Morgan fingerprint density at radius 3 is 2.50 bits per heavy atom. The summed E-state index contributed by atoms with van der Waals surface area (Å²) in [5.41, 5.74) is 1.17. The highest BCUT2D eigenvalue weighted by Crippen LogP contribution is 2.28. The highest BCUT2D eigenvalue weighted by atomic mass is 35.5. The Labute approximate surface area is 192 Å². The highest BCUT2D eigenvalue weighted by Gasteiger charge is 2.27. The molecule has 1 heterocycles. The molecule has 2 aromatic carbocycles. The molecule has 1 aliphatic heterocycles. The number of benzene rings is 2. The lowest BCUT2D eigenvalue weighted by Crippen LogP contribution is -2.40. The number of hydrogen-bond acceptors (Lipinski definition) is 6. The van der Waals surface area contributed by atoms with Crippen molar-refractivity contribution in [3.63, 3.8) is 0 Å². The van der Waals surface area contributed by atoms with Gasteiger partial charge in [0.2, 0.25) is 10.0 Å². The van der Waals surface area contributed by atoms with Crippen molar-refractivity contribution in [2.24, 2.45) is 0 Å². The van der Waals surface area contributed by atoms with Gasteiger partial charge in [0, 0.05) is 19.6 Å². The number of methoxy groups -OCH3 is 2. The quantitative estimate of drug-likeness (QED) is 0.598. The molecule has 11 heteroatoms. The van der Waals surface area contributed by atoms with E-state index in [9.17, 15) is 13.2 Å². The summed E-state index contributed by atoms with van der Waals surface area (Å²) in [7, 11) is -0.576. The monoisotopic (exact) mass is 483 g/mol. The summed E-state index contributed by atoms with van der Waals surface area (Å²) in [4.78, 5) is 12.4. The first-order valence-electron chi connectivity index (χ1n) is 9.98. The van der Waals surface area contributed by atoms with Gasteiger partial charge in [-0.1, -0.05) is 17.7 Å². The molecule has 1 aliphatic rings. The van der Waals surface area contributed by atoms with Gasteiger partial charge in [0.05, 0.1) is 43.0 Å². The molecule has 0 atom stereocenters. The Balaban J connectivity index is 1.61. The van der Waals surface area contributed by atoms with Crippen LogP contribution in [0.25, 0.3) is 0 Å². The number of amides is 2. The molecule has 0 spiro atoms. The van der Waals surface area contributed by atoms with E-state index in [1.165, 1.54) is 22.5 Å². The maximum Gasteiger partial charge on any atom is 0.319 e. The van der Waals surface area contributed by atoms with Crippen molar-refractivity contribution in [3.8, 4) is 11.5 Å². The van der Waals surface area contributed by atoms with E-state index in [1.807, 2.05) is 12.1 Å². The zero-order valence-electron chi connectivity index (χ0n) is 17.9. The van der Waals surface area contributed by atoms with Gasteiger partial charge in [-0.25, -0.2) is 13.2 Å². The van der Waals surface area contributed by atoms with Gasteiger partial charge in [-0.15, -0.1) is 0 Å². The largest absolute Gasteiger partial charge is 0.493 e. The highest BCUT2D eigenvalue weighted by molar-refractivity contribution is 7.89. The molecule has 1 fully saturated rings. The van der Waals surface area contributed by atoms with Gasteiger partial charge in [-0.05, 0) is 42.3 Å². The van der Waals surface area contributed by atoms with Gasteiger partial charge in [0.1, 0.15) is 0 Å². The summed E-state index contributed by atoms with van der Waals surface area (Å²) in [6, 6.07) is 9.28. The Kier molecular flexibility index (Phi) is 8.19.